The van der Waals surface area contributed by atoms with Crippen molar-refractivity contribution in [2.75, 3.05) is 32.6 Å². The summed E-state index contributed by atoms with van der Waals surface area (Å²) in [5.41, 5.74) is 1.45. The Morgan fingerprint density at radius 2 is 2.04 bits per heavy atom. The van der Waals surface area contributed by atoms with Crippen molar-refractivity contribution in [1.29, 1.82) is 0 Å². The van der Waals surface area contributed by atoms with Gasteiger partial charge in [0.2, 0.25) is 0 Å². The monoisotopic (exact) mass is 377 g/mol. The van der Waals surface area contributed by atoms with Crippen molar-refractivity contribution in [3.05, 3.63) is 34.8 Å². The van der Waals surface area contributed by atoms with Gasteiger partial charge in [0.15, 0.2) is 16.6 Å². The van der Waals surface area contributed by atoms with Crippen LogP contribution in [0.1, 0.15) is 42.7 Å². The van der Waals surface area contributed by atoms with Crippen LogP contribution in [0.3, 0.4) is 0 Å². The Morgan fingerprint density at radius 3 is 2.73 bits per heavy atom. The van der Waals surface area contributed by atoms with Gasteiger partial charge in [0.25, 0.3) is 5.91 Å². The Kier molecular flexibility index (Phi) is 7.87. The number of nitrogens with zero attached hydrogens (tertiary/aromatic N) is 2. The van der Waals surface area contributed by atoms with E-state index in [4.69, 9.17) is 9.47 Å². The molecule has 1 amide bonds. The lowest BCUT2D eigenvalue weighted by Gasteiger charge is -2.13. The fourth-order valence-electron chi connectivity index (χ4n) is 2.29. The van der Waals surface area contributed by atoms with Gasteiger partial charge in [-0.15, -0.1) is 11.3 Å². The maximum absolute atomic E-state index is 12.5. The van der Waals surface area contributed by atoms with E-state index >= 15 is 0 Å². The maximum atomic E-state index is 12.5. The van der Waals surface area contributed by atoms with Crippen LogP contribution in [0, 0.1) is 0 Å². The van der Waals surface area contributed by atoms with Crippen molar-refractivity contribution in [2.24, 2.45) is 0 Å². The third kappa shape index (κ3) is 6.00. The summed E-state index contributed by atoms with van der Waals surface area (Å²) in [5, 5.41) is 5.39. The zero-order valence-electron chi connectivity index (χ0n) is 15.9. The van der Waals surface area contributed by atoms with Crippen molar-refractivity contribution in [3.8, 4) is 11.5 Å². The number of anilines is 1. The summed E-state index contributed by atoms with van der Waals surface area (Å²) >= 11 is 1.42. The van der Waals surface area contributed by atoms with Gasteiger partial charge < -0.3 is 14.4 Å². The first-order valence-corrected chi connectivity index (χ1v) is 9.71. The minimum absolute atomic E-state index is 0.211. The van der Waals surface area contributed by atoms with E-state index in [2.05, 4.69) is 17.2 Å². The number of nitrogens with one attached hydrogen (secondary N) is 1. The van der Waals surface area contributed by atoms with E-state index in [9.17, 15) is 4.79 Å². The number of amides is 1. The number of aromatic nitrogens is 1. The minimum Gasteiger partial charge on any atom is -0.490 e. The van der Waals surface area contributed by atoms with E-state index in [1.165, 1.54) is 11.3 Å². The highest BCUT2D eigenvalue weighted by atomic mass is 32.1. The molecule has 1 heterocycles. The van der Waals surface area contributed by atoms with Crippen LogP contribution in [0.2, 0.25) is 0 Å². The second-order valence-electron chi connectivity index (χ2n) is 6.13. The first-order valence-electron chi connectivity index (χ1n) is 8.83. The average Bonchev–Trinajstić information content (AvgIpc) is 3.02. The third-order valence-electron chi connectivity index (χ3n) is 3.51. The molecule has 0 spiro atoms. The first kappa shape index (κ1) is 20.2. The molecular formula is C19H27N3O3S. The molecular weight excluding hydrogens is 350 g/mol. The van der Waals surface area contributed by atoms with Crippen molar-refractivity contribution in [2.45, 2.75) is 33.2 Å². The summed E-state index contributed by atoms with van der Waals surface area (Å²) in [6.45, 7) is 5.91. The summed E-state index contributed by atoms with van der Waals surface area (Å²) in [6, 6.07) is 5.25. The molecule has 0 unspecified atom stereocenters. The Hall–Kier alpha value is -2.12. The third-order valence-corrected chi connectivity index (χ3v) is 4.32. The highest BCUT2D eigenvalue weighted by Gasteiger charge is 2.13. The van der Waals surface area contributed by atoms with E-state index in [0.717, 1.165) is 25.1 Å². The molecule has 0 saturated carbocycles. The average molecular weight is 378 g/mol. The van der Waals surface area contributed by atoms with Crippen LogP contribution in [-0.2, 0) is 6.54 Å². The molecule has 0 saturated heterocycles. The number of thiazole rings is 1. The summed E-state index contributed by atoms with van der Waals surface area (Å²) < 4.78 is 11.4. The minimum atomic E-state index is -0.211. The Bertz CT molecular complexity index is 716. The lowest BCUT2D eigenvalue weighted by molar-refractivity contribution is 0.102. The number of rotatable bonds is 10. The predicted octanol–water partition coefficient (Wildman–Crippen LogP) is 4.03. The second-order valence-corrected chi connectivity index (χ2v) is 6.99. The molecule has 142 valence electrons. The highest BCUT2D eigenvalue weighted by molar-refractivity contribution is 7.13. The van der Waals surface area contributed by atoms with Crippen LogP contribution in [0.25, 0.3) is 0 Å². The number of unbranched alkanes of at least 4 members (excludes halogenated alkanes) is 1. The molecule has 0 aliphatic rings. The van der Waals surface area contributed by atoms with Gasteiger partial charge in [0.05, 0.1) is 18.9 Å². The molecule has 0 fully saturated rings. The zero-order valence-corrected chi connectivity index (χ0v) is 16.7. The van der Waals surface area contributed by atoms with Crippen LogP contribution in [0.5, 0.6) is 11.5 Å². The summed E-state index contributed by atoms with van der Waals surface area (Å²) in [5.74, 6) is 1.04. The fourth-order valence-corrected chi connectivity index (χ4v) is 2.99. The van der Waals surface area contributed by atoms with Gasteiger partial charge in [-0.3, -0.25) is 10.1 Å². The van der Waals surface area contributed by atoms with Gasteiger partial charge in [-0.2, -0.15) is 0 Å². The molecule has 0 bridgehead atoms. The van der Waals surface area contributed by atoms with Crippen molar-refractivity contribution in [3.63, 3.8) is 0 Å². The van der Waals surface area contributed by atoms with E-state index in [1.54, 1.807) is 18.2 Å². The molecule has 26 heavy (non-hydrogen) atoms. The summed E-state index contributed by atoms with van der Waals surface area (Å²) in [6.07, 6.45) is 2.04. The second kappa shape index (κ2) is 10.1. The number of carbonyl (C=O) groups excluding carboxylic acids is 1. The van der Waals surface area contributed by atoms with E-state index in [1.807, 2.05) is 31.3 Å². The molecule has 0 aliphatic carbocycles. The SMILES string of the molecule is CCCCOc1ccc(C(=O)Nc2nc(CN(C)C)cs2)cc1OCC. The van der Waals surface area contributed by atoms with Gasteiger partial charge in [-0.25, -0.2) is 4.98 Å². The van der Waals surface area contributed by atoms with Crippen molar-refractivity contribution in [1.82, 2.24) is 9.88 Å². The zero-order chi connectivity index (χ0) is 18.9. The molecule has 7 heteroatoms. The number of benzene rings is 1. The summed E-state index contributed by atoms with van der Waals surface area (Å²) in [4.78, 5) is 19.0. The molecule has 1 N–H and O–H groups in total. The normalized spacial score (nSPS) is 10.8. The van der Waals surface area contributed by atoms with Crippen LogP contribution in [-0.4, -0.2) is 43.1 Å². The smallest absolute Gasteiger partial charge is 0.257 e. The lowest BCUT2D eigenvalue weighted by Crippen LogP contribution is -2.13. The lowest BCUT2D eigenvalue weighted by atomic mass is 10.2. The Labute approximate surface area is 159 Å². The standard InChI is InChI=1S/C19H27N3O3S/c1-5-7-10-25-16-9-8-14(11-17(16)24-6-2)18(23)21-19-20-15(13-26-19)12-22(3)4/h8-9,11,13H,5-7,10,12H2,1-4H3,(H,20,21,23). The summed E-state index contributed by atoms with van der Waals surface area (Å²) in [7, 11) is 3.97. The van der Waals surface area contributed by atoms with Gasteiger partial charge in [0.1, 0.15) is 0 Å². The topological polar surface area (TPSA) is 63.7 Å². The fraction of sp³-hybridized carbons (Fsp3) is 0.474. The van der Waals surface area contributed by atoms with Crippen LogP contribution < -0.4 is 14.8 Å². The maximum Gasteiger partial charge on any atom is 0.257 e. The van der Waals surface area contributed by atoms with E-state index in [-0.39, 0.29) is 5.91 Å². The van der Waals surface area contributed by atoms with E-state index in [0.29, 0.717) is 35.4 Å². The van der Waals surface area contributed by atoms with Crippen LogP contribution in [0.4, 0.5) is 5.13 Å². The molecule has 6 nitrogen and oxygen atoms in total. The van der Waals surface area contributed by atoms with Gasteiger partial charge in [-0.05, 0) is 45.6 Å². The molecule has 1 aromatic carbocycles. The highest BCUT2D eigenvalue weighted by Crippen LogP contribution is 2.29. The van der Waals surface area contributed by atoms with Gasteiger partial charge >= 0.3 is 0 Å². The molecule has 0 atom stereocenters. The molecule has 2 rings (SSSR count). The quantitative estimate of drug-likeness (QED) is 0.633. The molecule has 0 aliphatic heterocycles. The van der Waals surface area contributed by atoms with Crippen molar-refractivity contribution < 1.29 is 14.3 Å². The van der Waals surface area contributed by atoms with E-state index < -0.39 is 0 Å². The van der Waals surface area contributed by atoms with Gasteiger partial charge in [-0.1, -0.05) is 13.3 Å². The number of carbonyl (C=O) groups is 1. The number of hydrogen-bond donors (Lipinski definition) is 1. The van der Waals surface area contributed by atoms with Crippen LogP contribution in [0.15, 0.2) is 23.6 Å². The molecule has 1 aromatic heterocycles. The molecule has 2 aromatic rings. The number of ether oxygens (including phenoxy) is 2. The molecule has 0 radical (unpaired) electrons. The Balaban J connectivity index is 2.07. The first-order chi connectivity index (χ1) is 12.5. The van der Waals surface area contributed by atoms with Crippen molar-refractivity contribution >= 4 is 22.4 Å². The van der Waals surface area contributed by atoms with Gasteiger partial charge in [0, 0.05) is 17.5 Å². The Morgan fingerprint density at radius 1 is 1.23 bits per heavy atom. The van der Waals surface area contributed by atoms with Crippen LogP contribution >= 0.6 is 11.3 Å². The predicted molar refractivity (Wildman–Crippen MR) is 105 cm³/mol. The largest absolute Gasteiger partial charge is 0.490 e. The number of hydrogen-bond acceptors (Lipinski definition) is 6.